The number of rotatable bonds is 7. The maximum atomic E-state index is 11.6. The highest BCUT2D eigenvalue weighted by Gasteiger charge is 2.14. The predicted molar refractivity (Wildman–Crippen MR) is 83.4 cm³/mol. The van der Waals surface area contributed by atoms with Crippen LogP contribution in [0, 0.1) is 0 Å². The van der Waals surface area contributed by atoms with E-state index < -0.39 is 10.0 Å². The summed E-state index contributed by atoms with van der Waals surface area (Å²) in [5.74, 6) is 0.925. The van der Waals surface area contributed by atoms with E-state index in [2.05, 4.69) is 27.8 Å². The normalized spacial score (nSPS) is 16.9. The van der Waals surface area contributed by atoms with Gasteiger partial charge in [-0.1, -0.05) is 12.2 Å². The molecule has 0 aromatic rings. The number of nitrogens with zero attached hydrogens (tertiary/aromatic N) is 2. The number of hydrogen-bond donors (Lipinski definition) is 2. The molecule has 0 amide bonds. The first-order chi connectivity index (χ1) is 9.49. The molecule has 1 aliphatic carbocycles. The van der Waals surface area contributed by atoms with Gasteiger partial charge < -0.3 is 10.6 Å². The Labute approximate surface area is 122 Å². The van der Waals surface area contributed by atoms with Crippen molar-refractivity contribution in [2.75, 3.05) is 32.9 Å². The van der Waals surface area contributed by atoms with Gasteiger partial charge in [-0.05, 0) is 26.2 Å². The minimum Gasteiger partial charge on any atom is -0.356 e. The lowest BCUT2D eigenvalue weighted by molar-refractivity contribution is 0.461. The topological polar surface area (TPSA) is 73.8 Å². The van der Waals surface area contributed by atoms with E-state index in [4.69, 9.17) is 0 Å². The first-order valence-electron chi connectivity index (χ1n) is 7.05. The van der Waals surface area contributed by atoms with E-state index in [9.17, 15) is 8.42 Å². The number of sulfonamides is 1. The molecule has 0 saturated heterocycles. The average molecular weight is 302 g/mol. The third-order valence-corrected chi connectivity index (χ3v) is 5.22. The molecule has 0 spiro atoms. The second kappa shape index (κ2) is 8.26. The van der Waals surface area contributed by atoms with Crippen molar-refractivity contribution in [1.82, 2.24) is 14.9 Å². The summed E-state index contributed by atoms with van der Waals surface area (Å²) in [4.78, 5) is 4.17. The lowest BCUT2D eigenvalue weighted by atomic mass is 10.2. The van der Waals surface area contributed by atoms with Crippen molar-refractivity contribution in [2.45, 2.75) is 32.2 Å². The average Bonchev–Trinajstić information content (AvgIpc) is 2.94. The zero-order chi connectivity index (χ0) is 15.0. The van der Waals surface area contributed by atoms with E-state index in [1.807, 2.05) is 0 Å². The Balaban J connectivity index is 2.22. The molecule has 2 N–H and O–H groups in total. The quantitative estimate of drug-likeness (QED) is 0.312. The van der Waals surface area contributed by atoms with E-state index in [-0.39, 0.29) is 5.75 Å². The molecule has 6 nitrogen and oxygen atoms in total. The molecule has 0 heterocycles. The molecular weight excluding hydrogens is 276 g/mol. The fourth-order valence-corrected chi connectivity index (χ4v) is 2.84. The van der Waals surface area contributed by atoms with Crippen molar-refractivity contribution in [3.05, 3.63) is 12.2 Å². The number of guanidine groups is 1. The lowest BCUT2D eigenvalue weighted by Gasteiger charge is -2.18. The number of aliphatic imine (C=N–C) groups is 1. The summed E-state index contributed by atoms with van der Waals surface area (Å²) in [6.45, 7) is 2.88. The molecule has 0 aliphatic heterocycles. The van der Waals surface area contributed by atoms with Crippen LogP contribution in [0.3, 0.4) is 0 Å². The third kappa shape index (κ3) is 5.50. The van der Waals surface area contributed by atoms with Crippen molar-refractivity contribution in [2.24, 2.45) is 4.99 Å². The molecule has 0 bridgehead atoms. The summed E-state index contributed by atoms with van der Waals surface area (Å²) < 4.78 is 24.6. The first-order valence-corrected chi connectivity index (χ1v) is 8.66. The van der Waals surface area contributed by atoms with Crippen LogP contribution in [0.15, 0.2) is 17.1 Å². The van der Waals surface area contributed by atoms with Gasteiger partial charge in [-0.15, -0.1) is 0 Å². The Morgan fingerprint density at radius 3 is 2.60 bits per heavy atom. The van der Waals surface area contributed by atoms with Gasteiger partial charge in [0.05, 0.1) is 5.75 Å². The van der Waals surface area contributed by atoms with Crippen LogP contribution < -0.4 is 10.6 Å². The summed E-state index contributed by atoms with van der Waals surface area (Å²) in [5.41, 5.74) is 0. The van der Waals surface area contributed by atoms with Gasteiger partial charge in [0.1, 0.15) is 0 Å². The highest BCUT2D eigenvalue weighted by atomic mass is 32.2. The molecule has 0 fully saturated rings. The van der Waals surface area contributed by atoms with Gasteiger partial charge in [0, 0.05) is 33.2 Å². The van der Waals surface area contributed by atoms with Crippen LogP contribution in [0.1, 0.15) is 26.2 Å². The fourth-order valence-electron chi connectivity index (χ4n) is 1.99. The molecule has 1 aliphatic rings. The monoisotopic (exact) mass is 302 g/mol. The minimum atomic E-state index is -3.07. The maximum absolute atomic E-state index is 11.6. The summed E-state index contributed by atoms with van der Waals surface area (Å²) in [5, 5.41) is 6.55. The molecule has 0 radical (unpaired) electrons. The van der Waals surface area contributed by atoms with Gasteiger partial charge in [-0.3, -0.25) is 4.99 Å². The largest absolute Gasteiger partial charge is 0.356 e. The number of nitrogens with one attached hydrogen (secondary N) is 2. The zero-order valence-electron chi connectivity index (χ0n) is 12.6. The predicted octanol–water partition coefficient (Wildman–Crippen LogP) is 0.542. The standard InChI is InChI=1S/C13H26N4O2S/c1-4-20(18,19)17(3)11-7-10-15-13(14-2)16-12-8-5-6-9-12/h5-6,12H,4,7-11H2,1-3H3,(H2,14,15,16). The summed E-state index contributed by atoms with van der Waals surface area (Å²) in [7, 11) is 0.291. The third-order valence-electron chi connectivity index (χ3n) is 3.35. The molecule has 20 heavy (non-hydrogen) atoms. The van der Waals surface area contributed by atoms with E-state index in [0.29, 0.717) is 19.1 Å². The smallest absolute Gasteiger partial charge is 0.213 e. The summed E-state index contributed by atoms with van der Waals surface area (Å²) in [6, 6.07) is 0.421. The van der Waals surface area contributed by atoms with Crippen molar-refractivity contribution < 1.29 is 8.42 Å². The van der Waals surface area contributed by atoms with Gasteiger partial charge in [0.15, 0.2) is 5.96 Å². The summed E-state index contributed by atoms with van der Waals surface area (Å²) >= 11 is 0. The van der Waals surface area contributed by atoms with Crippen molar-refractivity contribution in [1.29, 1.82) is 0 Å². The Morgan fingerprint density at radius 1 is 1.40 bits per heavy atom. The summed E-state index contributed by atoms with van der Waals surface area (Å²) in [6.07, 6.45) is 7.13. The lowest BCUT2D eigenvalue weighted by Crippen LogP contribution is -2.43. The van der Waals surface area contributed by atoms with Crippen LogP contribution in [-0.4, -0.2) is 57.7 Å². The van der Waals surface area contributed by atoms with Crippen LogP contribution in [0.25, 0.3) is 0 Å². The van der Waals surface area contributed by atoms with Gasteiger partial charge in [0.25, 0.3) is 0 Å². The second-order valence-electron chi connectivity index (χ2n) is 4.86. The zero-order valence-corrected chi connectivity index (χ0v) is 13.4. The van der Waals surface area contributed by atoms with Crippen molar-refractivity contribution >= 4 is 16.0 Å². The molecule has 116 valence electrons. The van der Waals surface area contributed by atoms with Crippen molar-refractivity contribution in [3.63, 3.8) is 0 Å². The Morgan fingerprint density at radius 2 is 2.05 bits per heavy atom. The molecule has 0 unspecified atom stereocenters. The van der Waals surface area contributed by atoms with Crippen LogP contribution >= 0.6 is 0 Å². The molecule has 0 aromatic heterocycles. The maximum Gasteiger partial charge on any atom is 0.213 e. The molecule has 1 rings (SSSR count). The highest BCUT2D eigenvalue weighted by Crippen LogP contribution is 2.08. The van der Waals surface area contributed by atoms with Gasteiger partial charge in [-0.25, -0.2) is 12.7 Å². The van der Waals surface area contributed by atoms with Gasteiger partial charge >= 0.3 is 0 Å². The molecule has 0 saturated carbocycles. The minimum absolute atomic E-state index is 0.148. The van der Waals surface area contributed by atoms with Gasteiger partial charge in [0.2, 0.25) is 10.0 Å². The van der Waals surface area contributed by atoms with Crippen molar-refractivity contribution in [3.8, 4) is 0 Å². The first kappa shape index (κ1) is 17.0. The van der Waals surface area contributed by atoms with Gasteiger partial charge in [-0.2, -0.15) is 0 Å². The highest BCUT2D eigenvalue weighted by molar-refractivity contribution is 7.89. The van der Waals surface area contributed by atoms with Crippen LogP contribution in [0.5, 0.6) is 0 Å². The van der Waals surface area contributed by atoms with Crippen LogP contribution in [0.4, 0.5) is 0 Å². The second-order valence-corrected chi connectivity index (χ2v) is 7.22. The Bertz CT molecular complexity index is 437. The number of hydrogen-bond acceptors (Lipinski definition) is 3. The van der Waals surface area contributed by atoms with E-state index >= 15 is 0 Å². The Kier molecular flexibility index (Phi) is 7.01. The SMILES string of the molecule is CCS(=O)(=O)N(C)CCCNC(=NC)NC1CC=CC1. The molecule has 0 atom stereocenters. The van der Waals surface area contributed by atoms with Crippen LogP contribution in [-0.2, 0) is 10.0 Å². The van der Waals surface area contributed by atoms with E-state index in [0.717, 1.165) is 25.2 Å². The molecular formula is C13H26N4O2S. The van der Waals surface area contributed by atoms with Crippen LogP contribution in [0.2, 0.25) is 0 Å². The van der Waals surface area contributed by atoms with E-state index in [1.165, 1.54) is 4.31 Å². The molecule has 7 heteroatoms. The van der Waals surface area contributed by atoms with E-state index in [1.54, 1.807) is 21.0 Å². The Hall–Kier alpha value is -1.08. The fraction of sp³-hybridized carbons (Fsp3) is 0.769. The molecule has 0 aromatic carbocycles.